The summed E-state index contributed by atoms with van der Waals surface area (Å²) in [7, 11) is 0. The number of hydrogen-bond acceptors (Lipinski definition) is 5. The third-order valence-corrected chi connectivity index (χ3v) is 7.13. The molecule has 2 aliphatic carbocycles. The summed E-state index contributed by atoms with van der Waals surface area (Å²) in [4.78, 5) is 37.1. The molecule has 2 aromatic rings. The first-order valence-corrected chi connectivity index (χ1v) is 11.6. The van der Waals surface area contributed by atoms with Gasteiger partial charge in [-0.2, -0.15) is 0 Å². The van der Waals surface area contributed by atoms with Crippen molar-refractivity contribution in [3.05, 3.63) is 59.7 Å². The number of carbonyl (C=O) groups is 3. The summed E-state index contributed by atoms with van der Waals surface area (Å²) in [6, 6.07) is 16.1. The molecule has 2 amide bonds. The lowest BCUT2D eigenvalue weighted by molar-refractivity contribution is -0.150. The molecule has 1 atom stereocenters. The number of alkyl carbamates (subject to hydrolysis) is 1. The van der Waals surface area contributed by atoms with E-state index in [4.69, 9.17) is 4.74 Å². The summed E-state index contributed by atoms with van der Waals surface area (Å²) in [5, 5.41) is 24.0. The van der Waals surface area contributed by atoms with Crippen molar-refractivity contribution < 1.29 is 29.3 Å². The van der Waals surface area contributed by atoms with Gasteiger partial charge in [-0.25, -0.2) is 9.59 Å². The van der Waals surface area contributed by atoms with Crippen LogP contribution in [0.2, 0.25) is 0 Å². The van der Waals surface area contributed by atoms with Crippen LogP contribution in [0.15, 0.2) is 48.5 Å². The number of amides is 2. The van der Waals surface area contributed by atoms with Gasteiger partial charge in [0.15, 0.2) is 5.54 Å². The number of carbonyl (C=O) groups excluding carboxylic acids is 2. The minimum atomic E-state index is -1.78. The molecule has 0 aromatic heterocycles. The van der Waals surface area contributed by atoms with E-state index < -0.39 is 35.5 Å². The largest absolute Gasteiger partial charge is 0.479 e. The maximum absolute atomic E-state index is 13.0. The Bertz CT molecular complexity index is 1050. The topological polar surface area (TPSA) is 125 Å². The maximum Gasteiger partial charge on any atom is 0.407 e. The normalized spacial score (nSPS) is 17.8. The summed E-state index contributed by atoms with van der Waals surface area (Å²) in [5.74, 6) is -1.87. The van der Waals surface area contributed by atoms with Crippen LogP contribution in [0.1, 0.15) is 49.7 Å². The zero-order valence-corrected chi connectivity index (χ0v) is 19.2. The fraction of sp³-hybridized carbons (Fsp3) is 0.423. The highest BCUT2D eigenvalue weighted by Gasteiger charge is 2.45. The molecule has 1 saturated carbocycles. The lowest BCUT2D eigenvalue weighted by Gasteiger charge is -2.32. The zero-order valence-electron chi connectivity index (χ0n) is 19.2. The number of hydrogen-bond donors (Lipinski definition) is 4. The van der Waals surface area contributed by atoms with Crippen LogP contribution in [0.4, 0.5) is 4.79 Å². The van der Waals surface area contributed by atoms with Gasteiger partial charge in [0.2, 0.25) is 5.91 Å². The van der Waals surface area contributed by atoms with Gasteiger partial charge >= 0.3 is 12.1 Å². The Labute approximate surface area is 198 Å². The van der Waals surface area contributed by atoms with E-state index in [1.807, 2.05) is 36.4 Å². The fourth-order valence-electron chi connectivity index (χ4n) is 4.97. The van der Waals surface area contributed by atoms with Crippen molar-refractivity contribution in [2.75, 3.05) is 19.8 Å². The van der Waals surface area contributed by atoms with E-state index in [0.29, 0.717) is 12.8 Å². The molecule has 0 aliphatic heterocycles. The lowest BCUT2D eigenvalue weighted by Crippen LogP contribution is -2.59. The van der Waals surface area contributed by atoms with Crippen molar-refractivity contribution in [3.8, 4) is 11.1 Å². The van der Waals surface area contributed by atoms with Crippen LogP contribution in [-0.2, 0) is 14.3 Å². The predicted octanol–water partition coefficient (Wildman–Crippen LogP) is 3.04. The number of aliphatic carboxylic acids is 1. The second kappa shape index (κ2) is 9.46. The summed E-state index contributed by atoms with van der Waals surface area (Å²) in [6.45, 7) is 0.732. The summed E-state index contributed by atoms with van der Waals surface area (Å²) in [5.41, 5.74) is 1.78. The molecule has 0 bridgehead atoms. The van der Waals surface area contributed by atoms with Crippen LogP contribution in [0.5, 0.6) is 0 Å². The monoisotopic (exact) mass is 466 g/mol. The van der Waals surface area contributed by atoms with Gasteiger partial charge < -0.3 is 25.6 Å². The Balaban J connectivity index is 1.39. The Hall–Kier alpha value is -3.39. The second-order valence-electron chi connectivity index (χ2n) is 9.42. The van der Waals surface area contributed by atoms with Crippen molar-refractivity contribution in [3.63, 3.8) is 0 Å². The molecule has 1 fully saturated rings. The molecular weight excluding hydrogens is 436 g/mol. The molecule has 1 unspecified atom stereocenters. The highest BCUT2D eigenvalue weighted by Crippen LogP contribution is 2.44. The molecule has 4 rings (SSSR count). The highest BCUT2D eigenvalue weighted by atomic mass is 16.5. The van der Waals surface area contributed by atoms with Gasteiger partial charge in [0.25, 0.3) is 0 Å². The summed E-state index contributed by atoms with van der Waals surface area (Å²) >= 11 is 0. The highest BCUT2D eigenvalue weighted by molar-refractivity contribution is 5.90. The van der Waals surface area contributed by atoms with Crippen molar-refractivity contribution in [2.24, 2.45) is 5.41 Å². The van der Waals surface area contributed by atoms with Crippen LogP contribution in [0.3, 0.4) is 0 Å². The molecular formula is C26H30N2O6. The Morgan fingerprint density at radius 2 is 1.59 bits per heavy atom. The van der Waals surface area contributed by atoms with Crippen LogP contribution in [0, 0.1) is 5.41 Å². The van der Waals surface area contributed by atoms with Crippen LogP contribution < -0.4 is 10.6 Å². The van der Waals surface area contributed by atoms with Crippen molar-refractivity contribution in [1.82, 2.24) is 10.6 Å². The van der Waals surface area contributed by atoms with E-state index in [0.717, 1.165) is 35.1 Å². The Kier molecular flexibility index (Phi) is 6.61. The predicted molar refractivity (Wildman–Crippen MR) is 125 cm³/mol. The third-order valence-electron chi connectivity index (χ3n) is 7.13. The SMILES string of the molecule is CC(CO)(NC(=O)C1(CNC(=O)OCC2c3ccccc3-c3ccccc32)CCCC1)C(=O)O. The molecule has 4 N–H and O–H groups in total. The number of benzene rings is 2. The van der Waals surface area contributed by atoms with Gasteiger partial charge in [0.1, 0.15) is 6.61 Å². The number of ether oxygens (including phenoxy) is 1. The van der Waals surface area contributed by atoms with Crippen molar-refractivity contribution in [2.45, 2.75) is 44.1 Å². The number of fused-ring (bicyclic) bond motifs is 3. The minimum absolute atomic E-state index is 0.0383. The first kappa shape index (κ1) is 23.8. The minimum Gasteiger partial charge on any atom is -0.479 e. The number of rotatable bonds is 8. The molecule has 0 heterocycles. The molecule has 0 spiro atoms. The van der Waals surface area contributed by atoms with Crippen molar-refractivity contribution >= 4 is 18.0 Å². The van der Waals surface area contributed by atoms with Gasteiger partial charge in [-0.05, 0) is 42.0 Å². The molecule has 0 saturated heterocycles. The van der Waals surface area contributed by atoms with Gasteiger partial charge in [0, 0.05) is 12.5 Å². The van der Waals surface area contributed by atoms with Crippen molar-refractivity contribution in [1.29, 1.82) is 0 Å². The maximum atomic E-state index is 13.0. The quantitative estimate of drug-likeness (QED) is 0.474. The molecule has 180 valence electrons. The zero-order chi connectivity index (χ0) is 24.3. The van der Waals surface area contributed by atoms with E-state index in [2.05, 4.69) is 22.8 Å². The third kappa shape index (κ3) is 4.37. The van der Waals surface area contributed by atoms with Crippen LogP contribution in [0.25, 0.3) is 11.1 Å². The Morgan fingerprint density at radius 1 is 1.03 bits per heavy atom. The molecule has 8 nitrogen and oxygen atoms in total. The van der Waals surface area contributed by atoms with Gasteiger partial charge in [-0.1, -0.05) is 61.4 Å². The number of aliphatic hydroxyl groups is 1. The average Bonchev–Trinajstić information content (AvgIpc) is 3.45. The molecule has 0 radical (unpaired) electrons. The first-order chi connectivity index (χ1) is 16.3. The second-order valence-corrected chi connectivity index (χ2v) is 9.42. The smallest absolute Gasteiger partial charge is 0.407 e. The lowest BCUT2D eigenvalue weighted by atomic mass is 9.84. The standard InChI is InChI=1S/C26H30N2O6/c1-25(16-29,23(31)32)28-22(30)26(12-6-7-13-26)15-27-24(33)34-14-21-19-10-4-2-8-17(19)18-9-3-5-11-20(18)21/h2-5,8-11,21,29H,6-7,12-16H2,1H3,(H,27,33)(H,28,30)(H,31,32). The average molecular weight is 467 g/mol. The molecule has 2 aromatic carbocycles. The molecule has 8 heteroatoms. The van der Waals surface area contributed by atoms with Gasteiger partial charge in [-0.15, -0.1) is 0 Å². The number of nitrogens with one attached hydrogen (secondary N) is 2. The Morgan fingerprint density at radius 3 is 2.12 bits per heavy atom. The summed E-state index contributed by atoms with van der Waals surface area (Å²) < 4.78 is 5.57. The van der Waals surface area contributed by atoms with Crippen LogP contribution in [-0.4, -0.2) is 53.5 Å². The van der Waals surface area contributed by atoms with E-state index in [1.165, 1.54) is 6.92 Å². The number of carboxylic acids is 1. The number of carboxylic acid groups (broad SMARTS) is 1. The van der Waals surface area contributed by atoms with E-state index in [1.54, 1.807) is 0 Å². The molecule has 2 aliphatic rings. The van der Waals surface area contributed by atoms with E-state index >= 15 is 0 Å². The summed E-state index contributed by atoms with van der Waals surface area (Å²) in [6.07, 6.45) is 2.00. The first-order valence-electron chi connectivity index (χ1n) is 11.6. The van der Waals surface area contributed by atoms with Gasteiger partial charge in [-0.3, -0.25) is 4.79 Å². The van der Waals surface area contributed by atoms with Gasteiger partial charge in [0.05, 0.1) is 12.0 Å². The number of aliphatic hydroxyl groups excluding tert-OH is 1. The van der Waals surface area contributed by atoms with E-state index in [9.17, 15) is 24.6 Å². The fourth-order valence-corrected chi connectivity index (χ4v) is 4.97. The van der Waals surface area contributed by atoms with Crippen LogP contribution >= 0.6 is 0 Å². The molecule has 34 heavy (non-hydrogen) atoms. The van der Waals surface area contributed by atoms with E-state index in [-0.39, 0.29) is 19.1 Å².